The van der Waals surface area contributed by atoms with Crippen LogP contribution in [0.2, 0.25) is 0 Å². The highest BCUT2D eigenvalue weighted by atomic mass is 16.3. The molecule has 1 aliphatic heterocycles. The number of rotatable bonds is 5. The number of nitrogens with one attached hydrogen (secondary N) is 4. The van der Waals surface area contributed by atoms with Gasteiger partial charge in [-0.2, -0.15) is 0 Å². The molecule has 1 aromatic rings. The van der Waals surface area contributed by atoms with Crippen molar-refractivity contribution in [3.8, 4) is 0 Å². The number of anilines is 1. The maximum absolute atomic E-state index is 11.7. The van der Waals surface area contributed by atoms with Crippen molar-refractivity contribution in [2.24, 2.45) is 5.92 Å². The van der Waals surface area contributed by atoms with E-state index < -0.39 is 12.1 Å². The summed E-state index contributed by atoms with van der Waals surface area (Å²) in [5, 5.41) is 20.5. The molecule has 5 N–H and O–H groups in total. The first kappa shape index (κ1) is 16.3. The van der Waals surface area contributed by atoms with E-state index in [9.17, 15) is 14.7 Å². The molecular weight excluding hydrogens is 284 g/mol. The van der Waals surface area contributed by atoms with Gasteiger partial charge in [0, 0.05) is 31.2 Å². The molecule has 1 saturated heterocycles. The van der Waals surface area contributed by atoms with Gasteiger partial charge in [0.1, 0.15) is 0 Å². The lowest BCUT2D eigenvalue weighted by Gasteiger charge is -2.14. The molecule has 1 aliphatic rings. The van der Waals surface area contributed by atoms with Gasteiger partial charge in [-0.25, -0.2) is 4.79 Å². The van der Waals surface area contributed by atoms with Crippen molar-refractivity contribution in [1.82, 2.24) is 16.0 Å². The van der Waals surface area contributed by atoms with E-state index in [2.05, 4.69) is 21.3 Å². The van der Waals surface area contributed by atoms with E-state index in [4.69, 9.17) is 0 Å². The third kappa shape index (κ3) is 5.01. The highest BCUT2D eigenvalue weighted by molar-refractivity contribution is 5.92. The maximum atomic E-state index is 11.7. The van der Waals surface area contributed by atoms with Crippen molar-refractivity contribution >= 4 is 17.6 Å². The topological polar surface area (TPSA) is 102 Å². The molecule has 1 heterocycles. The number of carbonyl (C=O) groups is 2. The van der Waals surface area contributed by atoms with Gasteiger partial charge in [-0.3, -0.25) is 4.79 Å². The van der Waals surface area contributed by atoms with E-state index in [1.54, 1.807) is 6.07 Å². The molecule has 0 radical (unpaired) electrons. The molecule has 3 amide bonds. The number of hydrogen-bond donors (Lipinski definition) is 5. The fourth-order valence-electron chi connectivity index (χ4n) is 2.29. The number of hydrogen-bond acceptors (Lipinski definition) is 4. The normalized spacial score (nSPS) is 20.5. The fraction of sp³-hybridized carbons (Fsp3) is 0.467. The van der Waals surface area contributed by atoms with Gasteiger partial charge in [0.25, 0.3) is 0 Å². The number of aliphatic hydroxyl groups is 1. The van der Waals surface area contributed by atoms with E-state index in [1.807, 2.05) is 25.1 Å². The number of aliphatic hydroxyl groups excluding tert-OH is 1. The lowest BCUT2D eigenvalue weighted by atomic mass is 10.1. The summed E-state index contributed by atoms with van der Waals surface area (Å²) in [5.41, 5.74) is 1.72. The summed E-state index contributed by atoms with van der Waals surface area (Å²) in [4.78, 5) is 23.4. The molecule has 2 unspecified atom stereocenters. The Labute approximate surface area is 129 Å². The molecule has 120 valence electrons. The molecule has 2 atom stereocenters. The van der Waals surface area contributed by atoms with Crippen LogP contribution < -0.4 is 21.3 Å². The molecule has 22 heavy (non-hydrogen) atoms. The Kier molecular flexibility index (Phi) is 5.74. The molecule has 1 aromatic carbocycles. The first-order valence-electron chi connectivity index (χ1n) is 7.31. The summed E-state index contributed by atoms with van der Waals surface area (Å²) in [6.45, 7) is 3.46. The van der Waals surface area contributed by atoms with Crippen LogP contribution in [0.1, 0.15) is 5.56 Å². The zero-order chi connectivity index (χ0) is 15.9. The summed E-state index contributed by atoms with van der Waals surface area (Å²) >= 11 is 0. The van der Waals surface area contributed by atoms with Crippen molar-refractivity contribution in [2.75, 3.05) is 31.5 Å². The van der Waals surface area contributed by atoms with E-state index in [0.29, 0.717) is 25.3 Å². The van der Waals surface area contributed by atoms with Gasteiger partial charge in [0.2, 0.25) is 5.91 Å². The minimum atomic E-state index is -0.433. The molecule has 1 fully saturated rings. The lowest BCUT2D eigenvalue weighted by Crippen LogP contribution is -2.41. The molecule has 0 aliphatic carbocycles. The third-order valence-corrected chi connectivity index (χ3v) is 3.55. The predicted octanol–water partition coefficient (Wildman–Crippen LogP) is -0.187. The fourth-order valence-corrected chi connectivity index (χ4v) is 2.29. The van der Waals surface area contributed by atoms with Crippen LogP contribution >= 0.6 is 0 Å². The van der Waals surface area contributed by atoms with E-state index in [0.717, 1.165) is 5.56 Å². The minimum absolute atomic E-state index is 0.0186. The first-order valence-corrected chi connectivity index (χ1v) is 7.31. The van der Waals surface area contributed by atoms with Crippen molar-refractivity contribution in [3.63, 3.8) is 0 Å². The van der Waals surface area contributed by atoms with Crippen LogP contribution in [0.4, 0.5) is 10.5 Å². The summed E-state index contributed by atoms with van der Waals surface area (Å²) < 4.78 is 0. The third-order valence-electron chi connectivity index (χ3n) is 3.55. The van der Waals surface area contributed by atoms with E-state index in [-0.39, 0.29) is 18.4 Å². The molecule has 7 nitrogen and oxygen atoms in total. The van der Waals surface area contributed by atoms with Gasteiger partial charge in [-0.1, -0.05) is 12.1 Å². The van der Waals surface area contributed by atoms with Gasteiger partial charge < -0.3 is 26.4 Å². The van der Waals surface area contributed by atoms with Crippen molar-refractivity contribution in [3.05, 3.63) is 29.8 Å². The summed E-state index contributed by atoms with van der Waals surface area (Å²) in [6, 6.07) is 6.97. The van der Waals surface area contributed by atoms with Crippen molar-refractivity contribution < 1.29 is 14.7 Å². The summed E-state index contributed by atoms with van der Waals surface area (Å²) in [6.07, 6.45) is -0.433. The van der Waals surface area contributed by atoms with Gasteiger partial charge in [0.15, 0.2) is 0 Å². The lowest BCUT2D eigenvalue weighted by molar-refractivity contribution is -0.120. The summed E-state index contributed by atoms with van der Waals surface area (Å²) in [5.74, 6) is -0.261. The zero-order valence-corrected chi connectivity index (χ0v) is 12.6. The van der Waals surface area contributed by atoms with Gasteiger partial charge in [-0.05, 0) is 24.6 Å². The van der Waals surface area contributed by atoms with Crippen LogP contribution in [-0.2, 0) is 4.79 Å². The molecular formula is C15H22N4O3. The van der Waals surface area contributed by atoms with Crippen molar-refractivity contribution in [1.29, 1.82) is 0 Å². The van der Waals surface area contributed by atoms with Crippen LogP contribution in [0.3, 0.4) is 0 Å². The smallest absolute Gasteiger partial charge is 0.319 e. The Balaban J connectivity index is 1.66. The van der Waals surface area contributed by atoms with Crippen LogP contribution in [0.5, 0.6) is 0 Å². The standard InChI is InChI=1S/C15H22N4O3/c1-10-3-2-4-12(5-10)19-15(22)18-9-14(21)17-7-11-6-16-8-13(11)20/h2-5,11,13,16,20H,6-9H2,1H3,(H,17,21)(H2,18,19,22). The van der Waals surface area contributed by atoms with Crippen LogP contribution in [0, 0.1) is 12.8 Å². The van der Waals surface area contributed by atoms with Crippen LogP contribution in [0.15, 0.2) is 24.3 Å². The number of benzene rings is 1. The first-order chi connectivity index (χ1) is 10.5. The summed E-state index contributed by atoms with van der Waals surface area (Å²) in [7, 11) is 0. The number of urea groups is 1. The molecule has 0 spiro atoms. The Morgan fingerprint density at radius 3 is 2.82 bits per heavy atom. The van der Waals surface area contributed by atoms with Gasteiger partial charge in [0.05, 0.1) is 12.6 Å². The maximum Gasteiger partial charge on any atom is 0.319 e. The highest BCUT2D eigenvalue weighted by Crippen LogP contribution is 2.09. The molecule has 0 bridgehead atoms. The average molecular weight is 306 g/mol. The van der Waals surface area contributed by atoms with Gasteiger partial charge >= 0.3 is 6.03 Å². The largest absolute Gasteiger partial charge is 0.391 e. The Hall–Kier alpha value is -2.12. The Morgan fingerprint density at radius 2 is 2.14 bits per heavy atom. The van der Waals surface area contributed by atoms with E-state index >= 15 is 0 Å². The second-order valence-electron chi connectivity index (χ2n) is 5.47. The SMILES string of the molecule is Cc1cccc(NC(=O)NCC(=O)NCC2CNCC2O)c1. The van der Waals surface area contributed by atoms with Gasteiger partial charge in [-0.15, -0.1) is 0 Å². The predicted molar refractivity (Wildman–Crippen MR) is 83.6 cm³/mol. The average Bonchev–Trinajstić information content (AvgIpc) is 2.88. The van der Waals surface area contributed by atoms with E-state index in [1.165, 1.54) is 0 Å². The molecule has 2 rings (SSSR count). The van der Waals surface area contributed by atoms with Crippen LogP contribution in [-0.4, -0.2) is 49.3 Å². The Bertz CT molecular complexity index is 535. The molecule has 7 heteroatoms. The minimum Gasteiger partial charge on any atom is -0.391 e. The number of β-amino-alcohol motifs (C(OH)–C–C–N with tert-alkyl or cyclic N) is 1. The monoisotopic (exact) mass is 306 g/mol. The molecule has 0 aromatic heterocycles. The quantitative estimate of drug-likeness (QED) is 0.520. The highest BCUT2D eigenvalue weighted by Gasteiger charge is 2.24. The number of aryl methyl sites for hydroxylation is 1. The zero-order valence-electron chi connectivity index (χ0n) is 12.6. The second kappa shape index (κ2) is 7.77. The Morgan fingerprint density at radius 1 is 1.32 bits per heavy atom. The van der Waals surface area contributed by atoms with Crippen molar-refractivity contribution in [2.45, 2.75) is 13.0 Å². The number of amides is 3. The second-order valence-corrected chi connectivity index (χ2v) is 5.47. The van der Waals surface area contributed by atoms with Crippen LogP contribution in [0.25, 0.3) is 0 Å². The number of carbonyl (C=O) groups excluding carboxylic acids is 2. The molecule has 0 saturated carbocycles.